The van der Waals surface area contributed by atoms with Crippen molar-refractivity contribution in [3.8, 4) is 0 Å². The van der Waals surface area contributed by atoms with Gasteiger partial charge in [-0.3, -0.25) is 9.59 Å². The summed E-state index contributed by atoms with van der Waals surface area (Å²) in [6.45, 7) is 6.01. The van der Waals surface area contributed by atoms with E-state index >= 15 is 0 Å². The second-order valence-corrected chi connectivity index (χ2v) is 12.5. The number of nitrogens with zero attached hydrogens (tertiary/aromatic N) is 1. The molecule has 228 valence electrons. The predicted molar refractivity (Wildman–Crippen MR) is 165 cm³/mol. The second-order valence-electron chi connectivity index (χ2n) is 10.9. The molecular formula is C32H44N4O5S. The lowest BCUT2D eigenvalue weighted by atomic mass is 9.64. The number of nitrogens with two attached hydrogens (primary N) is 2. The summed E-state index contributed by atoms with van der Waals surface area (Å²) >= 11 is 0. The van der Waals surface area contributed by atoms with Crippen LogP contribution in [-0.4, -0.2) is 62.5 Å². The number of hydrogen-bond acceptors (Lipinski definition) is 6. The van der Waals surface area contributed by atoms with Crippen molar-refractivity contribution < 1.29 is 23.1 Å². The first-order valence-electron chi connectivity index (χ1n) is 14.5. The van der Waals surface area contributed by atoms with Gasteiger partial charge in [0.15, 0.2) is 0 Å². The highest BCUT2D eigenvalue weighted by Gasteiger charge is 2.47. The van der Waals surface area contributed by atoms with Crippen molar-refractivity contribution in [2.45, 2.75) is 57.0 Å². The minimum absolute atomic E-state index is 0.0510. The molecule has 1 aliphatic carbocycles. The van der Waals surface area contributed by atoms with E-state index in [-0.39, 0.29) is 23.8 Å². The van der Waals surface area contributed by atoms with E-state index in [9.17, 15) is 23.1 Å². The average Bonchev–Trinajstić information content (AvgIpc) is 2.97. The van der Waals surface area contributed by atoms with Crippen LogP contribution in [0.3, 0.4) is 0 Å². The number of sulfonamides is 1. The van der Waals surface area contributed by atoms with Crippen molar-refractivity contribution in [3.63, 3.8) is 0 Å². The summed E-state index contributed by atoms with van der Waals surface area (Å²) in [6, 6.07) is 16.0. The maximum absolute atomic E-state index is 13.5. The molecule has 10 heteroatoms. The van der Waals surface area contributed by atoms with Crippen LogP contribution >= 0.6 is 0 Å². The zero-order chi connectivity index (χ0) is 30.8. The fourth-order valence-electron chi connectivity index (χ4n) is 5.58. The Balaban J connectivity index is 1.79. The molecule has 1 aliphatic rings. The molecule has 3 rings (SSSR count). The summed E-state index contributed by atoms with van der Waals surface area (Å²) in [5.74, 6) is -1.28. The van der Waals surface area contributed by atoms with Crippen LogP contribution in [0.25, 0.3) is 0 Å². The van der Waals surface area contributed by atoms with Crippen molar-refractivity contribution in [3.05, 3.63) is 89.5 Å². The Morgan fingerprint density at radius 1 is 1.02 bits per heavy atom. The molecule has 2 aromatic carbocycles. The van der Waals surface area contributed by atoms with Gasteiger partial charge in [-0.2, -0.15) is 0 Å². The summed E-state index contributed by atoms with van der Waals surface area (Å²) in [5, 5.41) is 20.0. The van der Waals surface area contributed by atoms with Gasteiger partial charge in [0.2, 0.25) is 21.8 Å². The third-order valence-corrected chi connectivity index (χ3v) is 8.73. The maximum atomic E-state index is 13.5. The molecule has 0 spiro atoms. The van der Waals surface area contributed by atoms with E-state index in [4.69, 9.17) is 10.9 Å². The van der Waals surface area contributed by atoms with Crippen LogP contribution < -0.4 is 16.2 Å². The molecule has 42 heavy (non-hydrogen) atoms. The Morgan fingerprint density at radius 3 is 2.24 bits per heavy atom. The third-order valence-electron chi connectivity index (χ3n) is 7.80. The monoisotopic (exact) mass is 596 g/mol. The largest absolute Gasteiger partial charge is 0.391 e. The molecule has 6 N–H and O–H groups in total. The Kier molecular flexibility index (Phi) is 12.0. The second kappa shape index (κ2) is 15.2. The van der Waals surface area contributed by atoms with E-state index in [2.05, 4.69) is 5.32 Å². The maximum Gasteiger partial charge on any atom is 0.249 e. The number of hydrogen-bond donors (Lipinski definition) is 4. The number of rotatable bonds is 16. The first kappa shape index (κ1) is 33.2. The molecule has 0 heterocycles. The van der Waals surface area contributed by atoms with Gasteiger partial charge >= 0.3 is 0 Å². The molecule has 0 bridgehead atoms. The Bertz CT molecular complexity index is 1350. The van der Waals surface area contributed by atoms with Crippen LogP contribution in [-0.2, 0) is 32.5 Å². The molecule has 3 atom stereocenters. The number of allylic oxidation sites excluding steroid dienone is 2. The lowest BCUT2D eigenvalue weighted by molar-refractivity contribution is -0.132. The van der Waals surface area contributed by atoms with E-state index in [0.29, 0.717) is 38.0 Å². The summed E-state index contributed by atoms with van der Waals surface area (Å²) < 4.78 is 23.0. The molecule has 0 aromatic heterocycles. The normalized spacial score (nSPS) is 18.2. The first-order valence-corrected chi connectivity index (χ1v) is 16.1. The van der Waals surface area contributed by atoms with E-state index in [1.165, 1.54) is 12.1 Å². The summed E-state index contributed by atoms with van der Waals surface area (Å²) in [7, 11) is -3.76. The summed E-state index contributed by atoms with van der Waals surface area (Å²) in [6.07, 6.45) is 7.03. The summed E-state index contributed by atoms with van der Waals surface area (Å²) in [5.41, 5.74) is 7.21. The molecule has 9 nitrogen and oxygen atoms in total. The molecule has 0 fully saturated rings. The number of amides is 2. The van der Waals surface area contributed by atoms with Gasteiger partial charge in [-0.05, 0) is 61.9 Å². The topological polar surface area (TPSA) is 156 Å². The smallest absolute Gasteiger partial charge is 0.249 e. The number of benzene rings is 2. The van der Waals surface area contributed by atoms with Crippen molar-refractivity contribution in [2.24, 2.45) is 22.2 Å². The zero-order valence-corrected chi connectivity index (χ0v) is 25.4. The Labute approximate surface area is 249 Å². The number of nitrogens with one attached hydrogen (secondary N) is 1. The predicted octanol–water partition coefficient (Wildman–Crippen LogP) is 2.69. The molecule has 0 radical (unpaired) electrons. The fraction of sp³-hybridized carbons (Fsp3) is 0.438. The molecule has 1 unspecified atom stereocenters. The quantitative estimate of drug-likeness (QED) is 0.218. The minimum atomic E-state index is -3.76. The van der Waals surface area contributed by atoms with Crippen LogP contribution in [0, 0.1) is 11.3 Å². The van der Waals surface area contributed by atoms with E-state index in [1.54, 1.807) is 30.4 Å². The zero-order valence-electron chi connectivity index (χ0n) is 24.5. The molecule has 0 aliphatic heterocycles. The number of carbonyl (C=O) groups excluding carboxylic acids is 2. The Morgan fingerprint density at radius 2 is 1.67 bits per heavy atom. The molecule has 0 saturated carbocycles. The number of carbonyl (C=O) groups is 2. The van der Waals surface area contributed by atoms with E-state index in [0.717, 1.165) is 24.0 Å². The van der Waals surface area contributed by atoms with Gasteiger partial charge < -0.3 is 21.1 Å². The van der Waals surface area contributed by atoms with Gasteiger partial charge in [-0.15, -0.1) is 0 Å². The number of aliphatic hydroxyl groups is 1. The first-order chi connectivity index (χ1) is 20.0. The van der Waals surface area contributed by atoms with E-state index < -0.39 is 33.4 Å². The highest BCUT2D eigenvalue weighted by molar-refractivity contribution is 7.89. The Hall–Kier alpha value is -3.31. The van der Waals surface area contributed by atoms with Crippen molar-refractivity contribution in [1.29, 1.82) is 0 Å². The fourth-order valence-corrected chi connectivity index (χ4v) is 6.10. The van der Waals surface area contributed by atoms with Crippen LogP contribution in [0.4, 0.5) is 0 Å². The van der Waals surface area contributed by atoms with Gasteiger partial charge in [0.05, 0.1) is 16.4 Å². The van der Waals surface area contributed by atoms with Gasteiger partial charge in [-0.25, -0.2) is 13.6 Å². The third kappa shape index (κ3) is 8.61. The van der Waals surface area contributed by atoms with Crippen LogP contribution in [0.15, 0.2) is 83.3 Å². The SMILES string of the molecule is CCCN(CCC)C(=O)C1=CC=CC(C(N)=O)([C@H](Cc2ccccc2)[C@@H](O)CNCCc2ccc(S(N)(=O)=O)cc2)C1. The molecule has 2 amide bonds. The van der Waals surface area contributed by atoms with Crippen LogP contribution in [0.1, 0.15) is 44.2 Å². The van der Waals surface area contributed by atoms with E-state index in [1.807, 2.05) is 49.1 Å². The minimum Gasteiger partial charge on any atom is -0.391 e. The van der Waals surface area contributed by atoms with Gasteiger partial charge in [0.25, 0.3) is 0 Å². The van der Waals surface area contributed by atoms with Crippen LogP contribution in [0.2, 0.25) is 0 Å². The molecule has 2 aromatic rings. The number of aliphatic hydroxyl groups excluding tert-OH is 1. The number of primary sulfonamides is 1. The lowest BCUT2D eigenvalue weighted by Crippen LogP contribution is -2.51. The van der Waals surface area contributed by atoms with Crippen molar-refractivity contribution in [1.82, 2.24) is 10.2 Å². The van der Waals surface area contributed by atoms with Gasteiger partial charge in [0, 0.05) is 31.1 Å². The molecule has 0 saturated heterocycles. The van der Waals surface area contributed by atoms with Crippen LogP contribution in [0.5, 0.6) is 0 Å². The number of primary amides is 1. The summed E-state index contributed by atoms with van der Waals surface area (Å²) in [4.78, 5) is 28.6. The van der Waals surface area contributed by atoms with Gasteiger partial charge in [0.1, 0.15) is 0 Å². The standard InChI is InChI=1S/C32H44N4O5S/c1-3-19-36(20-4-2)30(38)26-11-8-17-32(22-26,31(33)39)28(21-25-9-6-5-7-10-25)29(37)23-35-18-16-24-12-14-27(15-13-24)42(34,40)41/h5-15,17,28-29,35,37H,3-4,16,18-23H2,1-2H3,(H2,33,39)(H2,34,40,41)/t28-,29+,32?/m1/s1. The van der Waals surface area contributed by atoms with Gasteiger partial charge in [-0.1, -0.05) is 74.5 Å². The van der Waals surface area contributed by atoms with Crippen molar-refractivity contribution in [2.75, 3.05) is 26.2 Å². The van der Waals surface area contributed by atoms with Crippen molar-refractivity contribution >= 4 is 21.8 Å². The average molecular weight is 597 g/mol. The highest BCUT2D eigenvalue weighted by atomic mass is 32.2. The lowest BCUT2D eigenvalue weighted by Gasteiger charge is -2.41. The highest BCUT2D eigenvalue weighted by Crippen LogP contribution is 2.43. The molecular weight excluding hydrogens is 552 g/mol.